The van der Waals surface area contributed by atoms with E-state index in [0.29, 0.717) is 37.6 Å². The summed E-state index contributed by atoms with van der Waals surface area (Å²) in [6.45, 7) is 2.82. The molecule has 140 valence electrons. The van der Waals surface area contributed by atoms with Crippen LogP contribution in [0.3, 0.4) is 0 Å². The third kappa shape index (κ3) is 5.15. The van der Waals surface area contributed by atoms with E-state index < -0.39 is 0 Å². The normalized spacial score (nSPS) is 10.6. The van der Waals surface area contributed by atoms with Crippen LogP contribution < -0.4 is 15.8 Å². The molecule has 1 heterocycles. The van der Waals surface area contributed by atoms with Crippen molar-refractivity contribution in [3.05, 3.63) is 59.9 Å². The van der Waals surface area contributed by atoms with Crippen LogP contribution in [0.15, 0.2) is 48.5 Å². The number of nitrogens with one attached hydrogen (secondary N) is 2. The molecule has 1 aromatic heterocycles. The maximum Gasteiger partial charge on any atom is 0.224 e. The zero-order valence-corrected chi connectivity index (χ0v) is 15.2. The van der Waals surface area contributed by atoms with E-state index in [1.807, 2.05) is 55.5 Å². The van der Waals surface area contributed by atoms with Crippen molar-refractivity contribution in [3.8, 4) is 17.1 Å². The predicted octanol–water partition coefficient (Wildman–Crippen LogP) is 3.04. The Kier molecular flexibility index (Phi) is 6.17. The molecule has 0 atom stereocenters. The fourth-order valence-electron chi connectivity index (χ4n) is 2.58. The van der Waals surface area contributed by atoms with E-state index in [-0.39, 0.29) is 5.91 Å². The monoisotopic (exact) mass is 365 g/mol. The Morgan fingerprint density at radius 2 is 1.96 bits per heavy atom. The van der Waals surface area contributed by atoms with Crippen molar-refractivity contribution in [3.63, 3.8) is 0 Å². The molecule has 0 fully saturated rings. The molecule has 0 saturated heterocycles. The van der Waals surface area contributed by atoms with Gasteiger partial charge in [0, 0.05) is 17.7 Å². The molecule has 4 N–H and O–H groups in total. The van der Waals surface area contributed by atoms with E-state index >= 15 is 0 Å². The lowest BCUT2D eigenvalue weighted by Crippen LogP contribution is -2.12. The van der Waals surface area contributed by atoms with Crippen molar-refractivity contribution in [1.29, 1.82) is 0 Å². The number of nitrogens with zero attached hydrogens (tertiary/aromatic N) is 2. The molecule has 0 aliphatic carbocycles. The highest BCUT2D eigenvalue weighted by Gasteiger charge is 2.07. The summed E-state index contributed by atoms with van der Waals surface area (Å²) in [5.74, 6) is 2.04. The second-order valence-electron chi connectivity index (χ2n) is 6.15. The van der Waals surface area contributed by atoms with E-state index in [4.69, 9.17) is 10.5 Å². The fraction of sp³-hybridized carbons (Fsp3) is 0.250. The van der Waals surface area contributed by atoms with Crippen molar-refractivity contribution in [1.82, 2.24) is 15.2 Å². The van der Waals surface area contributed by atoms with Crippen LogP contribution in [0.2, 0.25) is 0 Å². The molecule has 0 spiro atoms. The van der Waals surface area contributed by atoms with Crippen molar-refractivity contribution in [2.75, 3.05) is 11.9 Å². The quantitative estimate of drug-likeness (QED) is 0.532. The van der Waals surface area contributed by atoms with Gasteiger partial charge in [0.25, 0.3) is 0 Å². The van der Waals surface area contributed by atoms with Crippen LogP contribution in [0.25, 0.3) is 11.4 Å². The minimum Gasteiger partial charge on any atom is -0.493 e. The molecule has 7 heteroatoms. The molecule has 7 nitrogen and oxygen atoms in total. The number of amides is 1. The topological polar surface area (TPSA) is 106 Å². The second-order valence-corrected chi connectivity index (χ2v) is 6.15. The lowest BCUT2D eigenvalue weighted by atomic mass is 10.2. The first-order chi connectivity index (χ1) is 13.2. The van der Waals surface area contributed by atoms with Gasteiger partial charge in [-0.05, 0) is 49.2 Å². The molecule has 0 aliphatic heterocycles. The number of rotatable bonds is 8. The highest BCUT2D eigenvalue weighted by Crippen LogP contribution is 2.19. The van der Waals surface area contributed by atoms with Gasteiger partial charge in [-0.3, -0.25) is 9.89 Å². The lowest BCUT2D eigenvalue weighted by molar-refractivity contribution is -0.116. The van der Waals surface area contributed by atoms with Gasteiger partial charge in [0.2, 0.25) is 5.91 Å². The summed E-state index contributed by atoms with van der Waals surface area (Å²) in [5, 5.41) is 9.77. The van der Waals surface area contributed by atoms with Crippen LogP contribution in [-0.2, 0) is 11.3 Å². The summed E-state index contributed by atoms with van der Waals surface area (Å²) >= 11 is 0. The van der Waals surface area contributed by atoms with E-state index in [2.05, 4.69) is 20.5 Å². The minimum atomic E-state index is -0.0422. The largest absolute Gasteiger partial charge is 0.493 e. The van der Waals surface area contributed by atoms with Crippen LogP contribution in [0.4, 0.5) is 5.69 Å². The zero-order valence-electron chi connectivity index (χ0n) is 15.2. The van der Waals surface area contributed by atoms with Gasteiger partial charge in [-0.1, -0.05) is 18.2 Å². The molecule has 3 aromatic rings. The smallest absolute Gasteiger partial charge is 0.224 e. The number of nitrogens with two attached hydrogens (primary N) is 1. The number of carbonyl (C=O) groups is 1. The summed E-state index contributed by atoms with van der Waals surface area (Å²) in [6, 6.07) is 15.2. The van der Waals surface area contributed by atoms with Crippen molar-refractivity contribution in [2.45, 2.75) is 26.3 Å². The highest BCUT2D eigenvalue weighted by atomic mass is 16.5. The molecule has 0 unspecified atom stereocenters. The van der Waals surface area contributed by atoms with Crippen molar-refractivity contribution < 1.29 is 9.53 Å². The summed E-state index contributed by atoms with van der Waals surface area (Å²) in [6.07, 6.45) is 1.05. The number of para-hydroxylation sites is 1. The van der Waals surface area contributed by atoms with E-state index in [9.17, 15) is 4.79 Å². The van der Waals surface area contributed by atoms with Gasteiger partial charge in [-0.2, -0.15) is 5.10 Å². The number of benzene rings is 2. The average Bonchev–Trinajstić information content (AvgIpc) is 3.16. The number of H-pyrrole nitrogens is 1. The van der Waals surface area contributed by atoms with Gasteiger partial charge in [-0.15, -0.1) is 0 Å². The van der Waals surface area contributed by atoms with Crippen LogP contribution >= 0.6 is 0 Å². The number of aromatic nitrogens is 3. The maximum absolute atomic E-state index is 12.1. The SMILES string of the molecule is Cc1ccccc1OCCCC(=O)Nc1ccc(-c2n[nH]c(CN)n2)cc1. The number of carbonyl (C=O) groups excluding carboxylic acids is 1. The van der Waals surface area contributed by atoms with Gasteiger partial charge < -0.3 is 15.8 Å². The summed E-state index contributed by atoms with van der Waals surface area (Å²) in [4.78, 5) is 16.4. The Labute approximate surface area is 158 Å². The fourth-order valence-corrected chi connectivity index (χ4v) is 2.58. The first-order valence-corrected chi connectivity index (χ1v) is 8.86. The maximum atomic E-state index is 12.1. The Morgan fingerprint density at radius 3 is 2.67 bits per heavy atom. The van der Waals surface area contributed by atoms with Gasteiger partial charge >= 0.3 is 0 Å². The summed E-state index contributed by atoms with van der Waals surface area (Å²) < 4.78 is 5.71. The standard InChI is InChI=1S/C20H23N5O2/c1-14-5-2-3-6-17(14)27-12-4-7-19(26)22-16-10-8-15(9-11-16)20-23-18(13-21)24-25-20/h2-3,5-6,8-11H,4,7,12-13,21H2,1H3,(H,22,26)(H,23,24,25). The van der Waals surface area contributed by atoms with Crippen molar-refractivity contribution in [2.24, 2.45) is 5.73 Å². The van der Waals surface area contributed by atoms with Crippen LogP contribution in [0, 0.1) is 6.92 Å². The molecular weight excluding hydrogens is 342 g/mol. The zero-order chi connectivity index (χ0) is 19.1. The molecule has 2 aromatic carbocycles. The second kappa shape index (κ2) is 8.95. The number of aryl methyl sites for hydroxylation is 1. The number of anilines is 1. The van der Waals surface area contributed by atoms with Gasteiger partial charge in [0.1, 0.15) is 11.6 Å². The molecule has 0 saturated carbocycles. The Hall–Kier alpha value is -3.19. The lowest BCUT2D eigenvalue weighted by Gasteiger charge is -2.09. The third-order valence-corrected chi connectivity index (χ3v) is 4.05. The summed E-state index contributed by atoms with van der Waals surface area (Å²) in [7, 11) is 0. The molecule has 0 aliphatic rings. The molecule has 0 radical (unpaired) electrons. The third-order valence-electron chi connectivity index (χ3n) is 4.05. The van der Waals surface area contributed by atoms with Crippen LogP contribution in [0.5, 0.6) is 5.75 Å². The van der Waals surface area contributed by atoms with Crippen LogP contribution in [0.1, 0.15) is 24.2 Å². The number of hydrogen-bond acceptors (Lipinski definition) is 5. The molecule has 3 rings (SSSR count). The molecule has 27 heavy (non-hydrogen) atoms. The molecule has 0 bridgehead atoms. The Bertz CT molecular complexity index is 889. The van der Waals surface area contributed by atoms with Crippen molar-refractivity contribution >= 4 is 11.6 Å². The van der Waals surface area contributed by atoms with Crippen LogP contribution in [-0.4, -0.2) is 27.7 Å². The molecular formula is C20H23N5O2. The van der Waals surface area contributed by atoms with E-state index in [0.717, 1.165) is 22.6 Å². The Morgan fingerprint density at radius 1 is 1.19 bits per heavy atom. The number of hydrogen-bond donors (Lipinski definition) is 3. The summed E-state index contributed by atoms with van der Waals surface area (Å²) in [5.41, 5.74) is 8.20. The highest BCUT2D eigenvalue weighted by molar-refractivity contribution is 5.90. The molecule has 1 amide bonds. The average molecular weight is 365 g/mol. The van der Waals surface area contributed by atoms with Gasteiger partial charge in [-0.25, -0.2) is 4.98 Å². The Balaban J connectivity index is 1.44. The first-order valence-electron chi connectivity index (χ1n) is 8.86. The van der Waals surface area contributed by atoms with E-state index in [1.165, 1.54) is 0 Å². The first kappa shape index (κ1) is 18.6. The van der Waals surface area contributed by atoms with E-state index in [1.54, 1.807) is 0 Å². The van der Waals surface area contributed by atoms with Gasteiger partial charge in [0.05, 0.1) is 13.2 Å². The number of aromatic amines is 1. The minimum absolute atomic E-state index is 0.0422. The van der Waals surface area contributed by atoms with Gasteiger partial charge in [0.15, 0.2) is 5.82 Å². The predicted molar refractivity (Wildman–Crippen MR) is 104 cm³/mol. The number of ether oxygens (including phenoxy) is 1.